The number of carbonyl (C=O) groups is 1. The molecular weight excluding hydrogens is 186 g/mol. The average Bonchev–Trinajstić information content (AvgIpc) is 2.26. The van der Waals surface area contributed by atoms with Crippen LogP contribution in [0.2, 0.25) is 0 Å². The summed E-state index contributed by atoms with van der Waals surface area (Å²) in [6.45, 7) is 4.59. The van der Waals surface area contributed by atoms with Crippen molar-refractivity contribution in [3.8, 4) is 0 Å². The first-order valence-corrected chi connectivity index (χ1v) is 5.05. The van der Waals surface area contributed by atoms with E-state index in [0.29, 0.717) is 6.54 Å². The highest BCUT2D eigenvalue weighted by Crippen LogP contribution is 2.02. The summed E-state index contributed by atoms with van der Waals surface area (Å²) in [7, 11) is 0. The van der Waals surface area contributed by atoms with E-state index >= 15 is 0 Å². The Kier molecular flexibility index (Phi) is 6.43. The highest BCUT2D eigenvalue weighted by atomic mass is 16.1. The predicted octanol–water partition coefficient (Wildman–Crippen LogP) is 3.23. The molecule has 0 spiro atoms. The summed E-state index contributed by atoms with van der Waals surface area (Å²) < 4.78 is 0. The molecule has 1 rings (SSSR count). The molecule has 1 unspecified atom stereocenters. The van der Waals surface area contributed by atoms with Crippen LogP contribution in [0, 0.1) is 5.92 Å². The van der Waals surface area contributed by atoms with Gasteiger partial charge in [-0.05, 0) is 12.0 Å². The summed E-state index contributed by atoms with van der Waals surface area (Å²) in [5.74, 6) is 0.245. The van der Waals surface area contributed by atoms with Gasteiger partial charge in [0, 0.05) is 13.9 Å². The maximum absolute atomic E-state index is 11.4. The van der Waals surface area contributed by atoms with Crippen LogP contribution in [0.4, 0.5) is 0 Å². The second-order valence-corrected chi connectivity index (χ2v) is 3.51. The van der Waals surface area contributed by atoms with Gasteiger partial charge in [-0.2, -0.15) is 0 Å². The van der Waals surface area contributed by atoms with Gasteiger partial charge in [0.2, 0.25) is 5.91 Å². The molecule has 15 heavy (non-hydrogen) atoms. The summed E-state index contributed by atoms with van der Waals surface area (Å²) in [6.07, 6.45) is 0.890. The second kappa shape index (κ2) is 7.04. The summed E-state index contributed by atoms with van der Waals surface area (Å²) in [4.78, 5) is 11.4. The quantitative estimate of drug-likeness (QED) is 0.810. The number of hydrogen-bond donors (Lipinski definition) is 1. The maximum atomic E-state index is 11.4. The Morgan fingerprint density at radius 3 is 2.53 bits per heavy atom. The maximum Gasteiger partial charge on any atom is 0.223 e. The molecule has 2 nitrogen and oxygen atoms in total. The van der Waals surface area contributed by atoms with Crippen LogP contribution in [0.1, 0.15) is 34.7 Å². The first-order valence-electron chi connectivity index (χ1n) is 5.05. The van der Waals surface area contributed by atoms with Crippen LogP contribution in [-0.4, -0.2) is 5.91 Å². The van der Waals surface area contributed by atoms with E-state index in [0.717, 1.165) is 12.0 Å². The Balaban J connectivity index is 0. The molecule has 0 aliphatic heterocycles. The van der Waals surface area contributed by atoms with Crippen LogP contribution < -0.4 is 5.32 Å². The van der Waals surface area contributed by atoms with Crippen LogP contribution in [0.25, 0.3) is 0 Å². The highest BCUT2D eigenvalue weighted by Gasteiger charge is 2.08. The Hall–Kier alpha value is -1.31. The monoisotopic (exact) mass is 209 g/mol. The summed E-state index contributed by atoms with van der Waals surface area (Å²) in [5, 5.41) is 2.91. The van der Waals surface area contributed by atoms with Crippen LogP contribution in [0.5, 0.6) is 0 Å². The van der Waals surface area contributed by atoms with Crippen molar-refractivity contribution >= 4 is 5.91 Å². The van der Waals surface area contributed by atoms with E-state index in [9.17, 15) is 4.79 Å². The van der Waals surface area contributed by atoms with Crippen molar-refractivity contribution in [1.29, 1.82) is 0 Å². The molecule has 86 valence electrons. The third-order valence-electron chi connectivity index (χ3n) is 2.37. The molecule has 0 bridgehead atoms. The fraction of sp³-hybridized carbons (Fsp3) is 0.462. The predicted molar refractivity (Wildman–Crippen MR) is 66.6 cm³/mol. The van der Waals surface area contributed by atoms with E-state index in [1.54, 1.807) is 0 Å². The lowest BCUT2D eigenvalue weighted by Crippen LogP contribution is -2.28. The van der Waals surface area contributed by atoms with Crippen molar-refractivity contribution in [1.82, 2.24) is 5.32 Å². The van der Waals surface area contributed by atoms with Crippen molar-refractivity contribution < 1.29 is 6.22 Å². The third-order valence-corrected chi connectivity index (χ3v) is 2.37. The molecule has 1 amide bonds. The van der Waals surface area contributed by atoms with Crippen LogP contribution >= 0.6 is 0 Å². The minimum atomic E-state index is 0. The lowest BCUT2D eigenvalue weighted by molar-refractivity contribution is -0.124. The Morgan fingerprint density at radius 2 is 2.00 bits per heavy atom. The van der Waals surface area contributed by atoms with Gasteiger partial charge in [-0.1, -0.05) is 51.6 Å². The van der Waals surface area contributed by atoms with Gasteiger partial charge in [0.05, 0.1) is 0 Å². The Bertz CT molecular complexity index is 287. The van der Waals surface area contributed by atoms with E-state index in [-0.39, 0.29) is 20.7 Å². The van der Waals surface area contributed by atoms with Crippen molar-refractivity contribution in [3.05, 3.63) is 35.9 Å². The number of carbonyl (C=O) groups excluding carboxylic acids is 1. The van der Waals surface area contributed by atoms with Gasteiger partial charge in [0.1, 0.15) is 0 Å². The van der Waals surface area contributed by atoms with Gasteiger partial charge in [0.15, 0.2) is 0 Å². The van der Waals surface area contributed by atoms with Gasteiger partial charge >= 0.3 is 0 Å². The first kappa shape index (κ1) is 13.7. The van der Waals surface area contributed by atoms with E-state index < -0.39 is 0 Å². The zero-order chi connectivity index (χ0) is 10.4. The van der Waals surface area contributed by atoms with Gasteiger partial charge in [-0.15, -0.1) is 0 Å². The molecule has 0 aliphatic rings. The molecule has 0 fully saturated rings. The van der Waals surface area contributed by atoms with Crippen LogP contribution in [0.15, 0.2) is 30.3 Å². The molecule has 0 aliphatic carbocycles. The zero-order valence-corrected chi connectivity index (χ0v) is 8.79. The lowest BCUT2D eigenvalue weighted by atomic mass is 10.1. The standard InChI is InChI=1S/C12H17NO.CH4.H2/c1-3-10(2)12(14)13-9-11-7-5-4-6-8-11;;/h4-8,10H,3,9H2,1-2H3,(H,13,14);1H4;1H. The molecule has 0 saturated carbocycles. The fourth-order valence-electron chi connectivity index (χ4n) is 1.14. The summed E-state index contributed by atoms with van der Waals surface area (Å²) in [5.41, 5.74) is 1.14. The molecule has 1 atom stereocenters. The second-order valence-electron chi connectivity index (χ2n) is 3.51. The van der Waals surface area contributed by atoms with E-state index in [1.807, 2.05) is 44.2 Å². The van der Waals surface area contributed by atoms with Crippen molar-refractivity contribution in [2.75, 3.05) is 0 Å². The molecular formula is C13H23NO. The minimum absolute atomic E-state index is 0. The number of hydrogen-bond acceptors (Lipinski definition) is 1. The van der Waals surface area contributed by atoms with E-state index in [2.05, 4.69) is 5.32 Å². The third kappa shape index (κ3) is 4.63. The molecule has 1 aromatic carbocycles. The van der Waals surface area contributed by atoms with E-state index in [4.69, 9.17) is 0 Å². The number of benzene rings is 1. The van der Waals surface area contributed by atoms with Gasteiger partial charge in [0.25, 0.3) is 0 Å². The van der Waals surface area contributed by atoms with Crippen LogP contribution in [0.3, 0.4) is 0 Å². The molecule has 0 aromatic heterocycles. The van der Waals surface area contributed by atoms with E-state index in [1.165, 1.54) is 0 Å². The summed E-state index contributed by atoms with van der Waals surface area (Å²) >= 11 is 0. The van der Waals surface area contributed by atoms with Gasteiger partial charge in [-0.25, -0.2) is 0 Å². The van der Waals surface area contributed by atoms with Crippen molar-refractivity contribution in [2.24, 2.45) is 5.92 Å². The fourth-order valence-corrected chi connectivity index (χ4v) is 1.14. The Morgan fingerprint density at radius 1 is 1.40 bits per heavy atom. The summed E-state index contributed by atoms with van der Waals surface area (Å²) in [6, 6.07) is 9.95. The van der Waals surface area contributed by atoms with Crippen molar-refractivity contribution in [2.45, 2.75) is 34.2 Å². The number of nitrogens with one attached hydrogen (secondary N) is 1. The number of rotatable bonds is 4. The molecule has 2 heteroatoms. The molecule has 0 radical (unpaired) electrons. The SMILES string of the molecule is C.CCC(C)C(=O)NCc1ccccc1.[HH]. The van der Waals surface area contributed by atoms with Crippen molar-refractivity contribution in [3.63, 3.8) is 0 Å². The zero-order valence-electron chi connectivity index (χ0n) is 8.79. The largest absolute Gasteiger partial charge is 0.352 e. The van der Waals surface area contributed by atoms with Gasteiger partial charge < -0.3 is 5.32 Å². The molecule has 1 aromatic rings. The smallest absolute Gasteiger partial charge is 0.223 e. The molecule has 0 saturated heterocycles. The minimum Gasteiger partial charge on any atom is -0.352 e. The topological polar surface area (TPSA) is 29.1 Å². The molecule has 0 heterocycles. The number of amides is 1. The lowest BCUT2D eigenvalue weighted by Gasteiger charge is -2.09. The van der Waals surface area contributed by atoms with Crippen LogP contribution in [-0.2, 0) is 11.3 Å². The normalized spacial score (nSPS) is 11.3. The molecule has 1 N–H and O–H groups in total. The first-order chi connectivity index (χ1) is 6.74. The Labute approximate surface area is 94.2 Å². The highest BCUT2D eigenvalue weighted by molar-refractivity contribution is 5.78. The average molecular weight is 209 g/mol. The van der Waals surface area contributed by atoms with Gasteiger partial charge in [-0.3, -0.25) is 4.79 Å².